The average molecular weight is 491 g/mol. The second-order valence-electron chi connectivity index (χ2n) is 9.31. The molecule has 1 aromatic carbocycles. The molecule has 3 atom stereocenters. The topological polar surface area (TPSA) is 133 Å². The molecule has 5 rings (SSSR count). The molecule has 186 valence electrons. The number of nitriles is 1. The van der Waals surface area contributed by atoms with E-state index in [9.17, 15) is 14.4 Å². The van der Waals surface area contributed by atoms with Crippen LogP contribution in [0.5, 0.6) is 0 Å². The zero-order chi connectivity index (χ0) is 25.2. The Kier molecular flexibility index (Phi) is 6.71. The smallest absolute Gasteiger partial charge is 0.231 e. The van der Waals surface area contributed by atoms with Crippen LogP contribution >= 0.6 is 0 Å². The fourth-order valence-electron chi connectivity index (χ4n) is 5.47. The van der Waals surface area contributed by atoms with Gasteiger partial charge in [-0.15, -0.1) is 5.11 Å². The lowest BCUT2D eigenvalue weighted by molar-refractivity contribution is -0.141. The van der Waals surface area contributed by atoms with Crippen LogP contribution in [-0.2, 0) is 16.0 Å². The SMILES string of the molecule is Cc1c(C2CN3CCN(C(=O)C4CCc5cc(N=CN=NN)cnc54)CC3CO2)ccc(F)c1C#N. The summed E-state index contributed by atoms with van der Waals surface area (Å²) in [6, 6.07) is 7.02. The highest BCUT2D eigenvalue weighted by Gasteiger charge is 2.39. The molecule has 2 fully saturated rings. The van der Waals surface area contributed by atoms with Gasteiger partial charge >= 0.3 is 0 Å². The number of aryl methyl sites for hydroxylation is 1. The summed E-state index contributed by atoms with van der Waals surface area (Å²) in [6.07, 6.45) is 4.17. The Morgan fingerprint density at radius 3 is 3.03 bits per heavy atom. The standard InChI is InChI=1S/C25H27FN8O2/c1-15-19(4-5-22(26)21(15)9-27)23-12-33-6-7-34(11-18(33)13-36-23)25(35)20-3-2-16-8-17(10-29-24(16)20)30-14-31-32-28/h4-5,8,10,14,18,20,23H,2-3,6-7,11-13H2,1H3,(H2,28,30,31). The lowest BCUT2D eigenvalue weighted by Crippen LogP contribution is -2.60. The van der Waals surface area contributed by atoms with Gasteiger partial charge in [-0.25, -0.2) is 9.38 Å². The maximum Gasteiger partial charge on any atom is 0.231 e. The second kappa shape index (κ2) is 10.1. The molecule has 0 spiro atoms. The number of fused-ring (bicyclic) bond motifs is 2. The summed E-state index contributed by atoms with van der Waals surface area (Å²) in [5, 5.41) is 16.0. The molecule has 11 heteroatoms. The minimum Gasteiger partial charge on any atom is -0.370 e. The molecule has 0 saturated carbocycles. The number of halogens is 1. The largest absolute Gasteiger partial charge is 0.370 e. The molecule has 3 heterocycles. The van der Waals surface area contributed by atoms with E-state index >= 15 is 0 Å². The molecule has 2 aromatic rings. The van der Waals surface area contributed by atoms with Crippen LogP contribution in [0.4, 0.5) is 10.1 Å². The Balaban J connectivity index is 1.23. The number of hydrogen-bond acceptors (Lipinski definition) is 7. The van der Waals surface area contributed by atoms with Gasteiger partial charge in [-0.3, -0.25) is 14.7 Å². The fraction of sp³-hybridized carbons (Fsp3) is 0.440. The maximum atomic E-state index is 14.0. The van der Waals surface area contributed by atoms with Crippen molar-refractivity contribution < 1.29 is 13.9 Å². The Hall–Kier alpha value is -3.75. The average Bonchev–Trinajstić information content (AvgIpc) is 3.31. The highest BCUT2D eigenvalue weighted by atomic mass is 19.1. The summed E-state index contributed by atoms with van der Waals surface area (Å²) in [6.45, 7) is 4.83. The van der Waals surface area contributed by atoms with Gasteiger partial charge in [0.2, 0.25) is 5.91 Å². The van der Waals surface area contributed by atoms with Crippen LogP contribution < -0.4 is 5.84 Å². The second-order valence-corrected chi connectivity index (χ2v) is 9.31. The number of morpholine rings is 1. The van der Waals surface area contributed by atoms with Gasteiger partial charge in [0, 0.05) is 26.2 Å². The van der Waals surface area contributed by atoms with Crippen LogP contribution in [0.15, 0.2) is 39.7 Å². The minimum absolute atomic E-state index is 0.0686. The van der Waals surface area contributed by atoms with Crippen LogP contribution in [-0.4, -0.2) is 65.9 Å². The number of piperazine rings is 1. The lowest BCUT2D eigenvalue weighted by Gasteiger charge is -2.46. The number of hydrogen-bond donors (Lipinski definition) is 1. The molecule has 3 aliphatic rings. The molecule has 1 aromatic heterocycles. The van der Waals surface area contributed by atoms with Crippen LogP contribution in [0.2, 0.25) is 0 Å². The van der Waals surface area contributed by atoms with Gasteiger partial charge in [0.25, 0.3) is 0 Å². The van der Waals surface area contributed by atoms with Crippen molar-refractivity contribution in [2.45, 2.75) is 37.8 Å². The number of amides is 1. The van der Waals surface area contributed by atoms with E-state index in [-0.39, 0.29) is 29.5 Å². The van der Waals surface area contributed by atoms with Gasteiger partial charge in [0.1, 0.15) is 18.2 Å². The highest BCUT2D eigenvalue weighted by molar-refractivity contribution is 5.85. The molecule has 2 saturated heterocycles. The molecule has 0 bridgehead atoms. The van der Waals surface area contributed by atoms with Crippen molar-refractivity contribution in [3.05, 3.63) is 58.2 Å². The lowest BCUT2D eigenvalue weighted by atomic mass is 9.96. The van der Waals surface area contributed by atoms with Gasteiger partial charge in [-0.1, -0.05) is 11.3 Å². The predicted molar refractivity (Wildman–Crippen MR) is 129 cm³/mol. The Morgan fingerprint density at radius 2 is 2.22 bits per heavy atom. The molecule has 0 radical (unpaired) electrons. The van der Waals surface area contributed by atoms with E-state index in [1.54, 1.807) is 19.2 Å². The van der Waals surface area contributed by atoms with E-state index < -0.39 is 5.82 Å². The van der Waals surface area contributed by atoms with Crippen molar-refractivity contribution >= 4 is 17.9 Å². The number of carbonyl (C=O) groups excluding carboxylic acids is 1. The Morgan fingerprint density at radius 1 is 1.36 bits per heavy atom. The first-order chi connectivity index (χ1) is 17.5. The maximum absolute atomic E-state index is 14.0. The molecular formula is C25H27FN8O2. The number of ether oxygens (including phenoxy) is 1. The quantitative estimate of drug-likeness (QED) is 0.230. The van der Waals surface area contributed by atoms with Crippen molar-refractivity contribution in [2.24, 2.45) is 21.2 Å². The number of nitrogens with two attached hydrogens (primary N) is 1. The first-order valence-corrected chi connectivity index (χ1v) is 11.9. The molecule has 1 amide bonds. The van der Waals surface area contributed by atoms with Crippen molar-refractivity contribution in [1.82, 2.24) is 14.8 Å². The number of pyridine rings is 1. The van der Waals surface area contributed by atoms with E-state index in [2.05, 4.69) is 25.2 Å². The van der Waals surface area contributed by atoms with Crippen LogP contribution in [0.25, 0.3) is 0 Å². The molecule has 2 aliphatic heterocycles. The van der Waals surface area contributed by atoms with Gasteiger partial charge in [0.15, 0.2) is 0 Å². The van der Waals surface area contributed by atoms with E-state index in [1.165, 1.54) is 12.4 Å². The van der Waals surface area contributed by atoms with Crippen molar-refractivity contribution in [2.75, 3.05) is 32.8 Å². The third kappa shape index (κ3) is 4.45. The zero-order valence-corrected chi connectivity index (χ0v) is 20.0. The Bertz CT molecular complexity index is 1270. The number of carbonyl (C=O) groups is 1. The van der Waals surface area contributed by atoms with Crippen LogP contribution in [0.1, 0.15) is 46.4 Å². The molecule has 36 heavy (non-hydrogen) atoms. The third-order valence-corrected chi connectivity index (χ3v) is 7.36. The minimum atomic E-state index is -0.510. The van der Waals surface area contributed by atoms with Gasteiger partial charge in [0.05, 0.1) is 47.8 Å². The number of rotatable bonds is 4. The van der Waals surface area contributed by atoms with Gasteiger partial charge < -0.3 is 15.5 Å². The Labute approximate surface area is 208 Å². The van der Waals surface area contributed by atoms with Gasteiger partial charge in [-0.2, -0.15) is 5.26 Å². The monoisotopic (exact) mass is 490 g/mol. The molecule has 1 aliphatic carbocycles. The van der Waals surface area contributed by atoms with E-state index in [1.807, 2.05) is 17.0 Å². The molecule has 3 unspecified atom stereocenters. The van der Waals surface area contributed by atoms with Crippen molar-refractivity contribution in [1.29, 1.82) is 5.26 Å². The third-order valence-electron chi connectivity index (χ3n) is 7.36. The predicted octanol–water partition coefficient (Wildman–Crippen LogP) is 2.70. The van der Waals surface area contributed by atoms with Gasteiger partial charge in [-0.05, 0) is 48.6 Å². The summed E-state index contributed by atoms with van der Waals surface area (Å²) >= 11 is 0. The van der Waals surface area contributed by atoms with Crippen LogP contribution in [0.3, 0.4) is 0 Å². The first kappa shape index (κ1) is 24.0. The summed E-state index contributed by atoms with van der Waals surface area (Å²) in [5.41, 5.74) is 4.03. The van der Waals surface area contributed by atoms with Crippen molar-refractivity contribution in [3.8, 4) is 6.07 Å². The number of benzene rings is 1. The van der Waals surface area contributed by atoms with E-state index in [0.29, 0.717) is 37.5 Å². The van der Waals surface area contributed by atoms with E-state index in [0.717, 1.165) is 36.2 Å². The highest BCUT2D eigenvalue weighted by Crippen LogP contribution is 2.36. The first-order valence-electron chi connectivity index (χ1n) is 11.9. The van der Waals surface area contributed by atoms with Crippen LogP contribution in [0, 0.1) is 24.1 Å². The summed E-state index contributed by atoms with van der Waals surface area (Å²) < 4.78 is 20.1. The summed E-state index contributed by atoms with van der Waals surface area (Å²) in [5.74, 6) is 4.32. The fourth-order valence-corrected chi connectivity index (χ4v) is 5.47. The molecule has 2 N–H and O–H groups in total. The number of aromatic nitrogens is 1. The van der Waals surface area contributed by atoms with E-state index in [4.69, 9.17) is 10.6 Å². The normalized spacial score (nSPS) is 24.1. The number of nitrogens with zero attached hydrogens (tertiary/aromatic N) is 7. The summed E-state index contributed by atoms with van der Waals surface area (Å²) in [7, 11) is 0. The molecular weight excluding hydrogens is 463 g/mol. The summed E-state index contributed by atoms with van der Waals surface area (Å²) in [4.78, 5) is 26.4. The zero-order valence-electron chi connectivity index (χ0n) is 20.0. The number of aliphatic imine (C=N–C) groups is 1. The molecule has 10 nitrogen and oxygen atoms in total. The van der Waals surface area contributed by atoms with Crippen molar-refractivity contribution in [3.63, 3.8) is 0 Å².